The molecule has 9 heteroatoms. The zero-order valence-electron chi connectivity index (χ0n) is 15.2. The lowest BCUT2D eigenvalue weighted by Gasteiger charge is -2.29. The Morgan fingerprint density at radius 1 is 1.29 bits per heavy atom. The number of halogens is 3. The Morgan fingerprint density at radius 3 is 2.68 bits per heavy atom. The molecule has 1 heterocycles. The van der Waals surface area contributed by atoms with E-state index in [1.54, 1.807) is 0 Å². The minimum Gasteiger partial charge on any atom is -0.507 e. The molecule has 148 valence electrons. The van der Waals surface area contributed by atoms with E-state index in [1.807, 2.05) is 13.1 Å². The summed E-state index contributed by atoms with van der Waals surface area (Å²) in [5, 5.41) is 22.8. The molecule has 0 amide bonds. The molecule has 2 unspecified atom stereocenters. The van der Waals surface area contributed by atoms with Crippen LogP contribution in [0.25, 0.3) is 11.4 Å². The minimum atomic E-state index is -4.58. The largest absolute Gasteiger partial charge is 0.507 e. The van der Waals surface area contributed by atoms with E-state index in [-0.39, 0.29) is 40.5 Å². The van der Waals surface area contributed by atoms with Crippen molar-refractivity contribution in [3.05, 3.63) is 35.0 Å². The highest BCUT2D eigenvalue weighted by Crippen LogP contribution is 2.39. The number of hydrogen-bond donors (Lipinski definition) is 3. The van der Waals surface area contributed by atoms with E-state index in [2.05, 4.69) is 15.3 Å². The Balaban J connectivity index is 2.12. The van der Waals surface area contributed by atoms with Gasteiger partial charge in [0.15, 0.2) is 5.82 Å². The fourth-order valence-corrected chi connectivity index (χ4v) is 3.62. The van der Waals surface area contributed by atoms with Crippen LogP contribution in [-0.4, -0.2) is 28.2 Å². The molecule has 1 fully saturated rings. The molecule has 1 aromatic heterocycles. The molecule has 1 aromatic carbocycles. The number of nitrogens with zero attached hydrogens (tertiary/aromatic N) is 3. The van der Waals surface area contributed by atoms with Crippen molar-refractivity contribution in [1.82, 2.24) is 15.3 Å². The molecule has 0 saturated heterocycles. The van der Waals surface area contributed by atoms with Gasteiger partial charge in [0.1, 0.15) is 23.2 Å². The summed E-state index contributed by atoms with van der Waals surface area (Å²) < 4.78 is 39.2. The Bertz CT molecular complexity index is 923. The number of nitrogens with one attached hydrogen (secondary N) is 1. The van der Waals surface area contributed by atoms with Gasteiger partial charge in [-0.2, -0.15) is 18.4 Å². The SMILES string of the molecule is CNC1CCCC(c2nc(-c3cc(C(F)(F)F)ccc3O)nc(N)c2C#N)C1. The molecule has 2 aromatic rings. The summed E-state index contributed by atoms with van der Waals surface area (Å²) in [6, 6.07) is 4.79. The van der Waals surface area contributed by atoms with Gasteiger partial charge < -0.3 is 16.2 Å². The van der Waals surface area contributed by atoms with Crippen molar-refractivity contribution in [1.29, 1.82) is 5.26 Å². The number of benzene rings is 1. The van der Waals surface area contributed by atoms with E-state index in [9.17, 15) is 23.5 Å². The number of alkyl halides is 3. The number of aromatic nitrogens is 2. The Hall–Kier alpha value is -2.86. The first-order valence-electron chi connectivity index (χ1n) is 8.90. The highest BCUT2D eigenvalue weighted by atomic mass is 19.4. The van der Waals surface area contributed by atoms with Crippen molar-refractivity contribution < 1.29 is 18.3 Å². The molecular formula is C19H20F3N5O. The maximum Gasteiger partial charge on any atom is 0.416 e. The van der Waals surface area contributed by atoms with Crippen molar-refractivity contribution in [3.8, 4) is 23.2 Å². The van der Waals surface area contributed by atoms with Crippen molar-refractivity contribution in [2.75, 3.05) is 12.8 Å². The third kappa shape index (κ3) is 3.87. The number of phenolic OH excluding ortho intramolecular Hbond substituents is 1. The summed E-state index contributed by atoms with van der Waals surface area (Å²) >= 11 is 0. The highest BCUT2D eigenvalue weighted by Gasteiger charge is 2.32. The second-order valence-electron chi connectivity index (χ2n) is 6.88. The zero-order chi connectivity index (χ0) is 20.5. The van der Waals surface area contributed by atoms with Gasteiger partial charge in [0.2, 0.25) is 0 Å². The van der Waals surface area contributed by atoms with Crippen LogP contribution in [0.5, 0.6) is 5.75 Å². The van der Waals surface area contributed by atoms with Gasteiger partial charge in [0.05, 0.1) is 16.8 Å². The van der Waals surface area contributed by atoms with Crippen LogP contribution in [0.3, 0.4) is 0 Å². The van der Waals surface area contributed by atoms with E-state index in [4.69, 9.17) is 5.73 Å². The maximum absolute atomic E-state index is 13.1. The number of nitrogen functional groups attached to an aromatic ring is 1. The lowest BCUT2D eigenvalue weighted by molar-refractivity contribution is -0.137. The average Bonchev–Trinajstić information content (AvgIpc) is 2.66. The number of aromatic hydroxyl groups is 1. The number of phenols is 1. The third-order valence-electron chi connectivity index (χ3n) is 5.11. The number of nitrogens with two attached hydrogens (primary N) is 1. The summed E-state index contributed by atoms with van der Waals surface area (Å²) in [6.45, 7) is 0. The van der Waals surface area contributed by atoms with Gasteiger partial charge >= 0.3 is 6.18 Å². The zero-order valence-corrected chi connectivity index (χ0v) is 15.2. The Kier molecular flexibility index (Phi) is 5.42. The molecule has 1 saturated carbocycles. The summed E-state index contributed by atoms with van der Waals surface area (Å²) in [5.74, 6) is -0.690. The van der Waals surface area contributed by atoms with E-state index in [1.165, 1.54) is 0 Å². The monoisotopic (exact) mass is 391 g/mol. The fourth-order valence-electron chi connectivity index (χ4n) is 3.62. The molecule has 0 spiro atoms. The first-order valence-corrected chi connectivity index (χ1v) is 8.90. The lowest BCUT2D eigenvalue weighted by atomic mass is 9.82. The van der Waals surface area contributed by atoms with E-state index < -0.39 is 11.7 Å². The summed E-state index contributed by atoms with van der Waals surface area (Å²) in [5.41, 5.74) is 5.38. The van der Waals surface area contributed by atoms with Gasteiger partial charge in [0.25, 0.3) is 0 Å². The number of nitriles is 1. The van der Waals surface area contributed by atoms with E-state index in [0.29, 0.717) is 5.69 Å². The second-order valence-corrected chi connectivity index (χ2v) is 6.88. The molecule has 0 bridgehead atoms. The van der Waals surface area contributed by atoms with Gasteiger partial charge in [-0.05, 0) is 44.5 Å². The fraction of sp³-hybridized carbons (Fsp3) is 0.421. The number of anilines is 1. The standard InChI is InChI=1S/C19H20F3N5O/c1-25-12-4-2-3-10(7-12)16-14(9-23)17(24)27-18(26-16)13-8-11(19(20,21)22)5-6-15(13)28/h5-6,8,10,12,25,28H,2-4,7H2,1H3,(H2,24,26,27). The Labute approximate surface area is 160 Å². The number of hydrogen-bond acceptors (Lipinski definition) is 6. The molecule has 3 rings (SSSR count). The van der Waals surface area contributed by atoms with Crippen LogP contribution in [0.15, 0.2) is 18.2 Å². The predicted octanol–water partition coefficient (Wildman–Crippen LogP) is 3.57. The van der Waals surface area contributed by atoms with Crippen LogP contribution in [0.1, 0.15) is 48.4 Å². The molecule has 1 aliphatic rings. The average molecular weight is 391 g/mol. The highest BCUT2D eigenvalue weighted by molar-refractivity contribution is 5.68. The first kappa shape index (κ1) is 19.9. The summed E-state index contributed by atoms with van der Waals surface area (Å²) in [7, 11) is 1.86. The van der Waals surface area contributed by atoms with Gasteiger partial charge in [-0.3, -0.25) is 0 Å². The van der Waals surface area contributed by atoms with Crippen LogP contribution in [0.2, 0.25) is 0 Å². The van der Waals surface area contributed by atoms with Gasteiger partial charge in [-0.15, -0.1) is 0 Å². The van der Waals surface area contributed by atoms with Crippen LogP contribution in [0.4, 0.5) is 19.0 Å². The molecule has 28 heavy (non-hydrogen) atoms. The second kappa shape index (κ2) is 7.64. The lowest BCUT2D eigenvalue weighted by Crippen LogP contribution is -2.31. The van der Waals surface area contributed by atoms with Crippen molar-refractivity contribution in [3.63, 3.8) is 0 Å². The topological polar surface area (TPSA) is 108 Å². The van der Waals surface area contributed by atoms with Crippen molar-refractivity contribution in [2.45, 2.75) is 43.8 Å². The Morgan fingerprint density at radius 2 is 2.04 bits per heavy atom. The van der Waals surface area contributed by atoms with Gasteiger partial charge in [0, 0.05) is 12.0 Å². The van der Waals surface area contributed by atoms with E-state index in [0.717, 1.165) is 43.9 Å². The van der Waals surface area contributed by atoms with Crippen LogP contribution in [0, 0.1) is 11.3 Å². The quantitative estimate of drug-likeness (QED) is 0.738. The minimum absolute atomic E-state index is 0.0714. The first-order chi connectivity index (χ1) is 13.2. The normalized spacial score (nSPS) is 20.0. The third-order valence-corrected chi connectivity index (χ3v) is 5.11. The smallest absolute Gasteiger partial charge is 0.416 e. The number of rotatable bonds is 3. The molecule has 0 radical (unpaired) electrons. The van der Waals surface area contributed by atoms with E-state index >= 15 is 0 Å². The summed E-state index contributed by atoms with van der Waals surface area (Å²) in [6.07, 6.45) is -1.13. The van der Waals surface area contributed by atoms with Crippen LogP contribution in [-0.2, 0) is 6.18 Å². The molecule has 0 aliphatic heterocycles. The molecule has 4 N–H and O–H groups in total. The molecule has 6 nitrogen and oxygen atoms in total. The van der Waals surface area contributed by atoms with Gasteiger partial charge in [-0.1, -0.05) is 6.42 Å². The van der Waals surface area contributed by atoms with Gasteiger partial charge in [-0.25, -0.2) is 9.97 Å². The predicted molar refractivity (Wildman–Crippen MR) is 97.3 cm³/mol. The van der Waals surface area contributed by atoms with Crippen molar-refractivity contribution in [2.24, 2.45) is 0 Å². The molecular weight excluding hydrogens is 371 g/mol. The summed E-state index contributed by atoms with van der Waals surface area (Å²) in [4.78, 5) is 8.38. The van der Waals surface area contributed by atoms with Crippen LogP contribution >= 0.6 is 0 Å². The van der Waals surface area contributed by atoms with Crippen molar-refractivity contribution >= 4 is 5.82 Å². The maximum atomic E-state index is 13.1. The molecule has 2 atom stereocenters. The molecule has 1 aliphatic carbocycles. The van der Waals surface area contributed by atoms with Crippen LogP contribution < -0.4 is 11.1 Å².